The van der Waals surface area contributed by atoms with Crippen LogP contribution in [0, 0.1) is 0 Å². The molecule has 0 aromatic carbocycles. The van der Waals surface area contributed by atoms with Crippen LogP contribution in [0.5, 0.6) is 0 Å². The fourth-order valence-electron chi connectivity index (χ4n) is 1.85. The van der Waals surface area contributed by atoms with Crippen LogP contribution in [0.3, 0.4) is 0 Å². The monoisotopic (exact) mass is 299 g/mol. The molecule has 1 unspecified atom stereocenters. The van der Waals surface area contributed by atoms with Gasteiger partial charge in [0, 0.05) is 25.5 Å². The van der Waals surface area contributed by atoms with E-state index in [4.69, 9.17) is 4.89 Å². The Morgan fingerprint density at radius 2 is 1.52 bits per heavy atom. The first-order valence-corrected chi connectivity index (χ1v) is 7.84. The van der Waals surface area contributed by atoms with E-state index in [0.717, 1.165) is 11.4 Å². The van der Waals surface area contributed by atoms with Crippen LogP contribution in [0.4, 0.5) is 0 Å². The van der Waals surface area contributed by atoms with E-state index in [1.54, 1.807) is 41.6 Å². The van der Waals surface area contributed by atoms with Gasteiger partial charge in [-0.05, 0) is 24.3 Å². The van der Waals surface area contributed by atoms with Crippen molar-refractivity contribution in [1.82, 2.24) is 14.9 Å². The minimum Gasteiger partial charge on any atom is -0.778 e. The first-order chi connectivity index (χ1) is 9.53. The van der Waals surface area contributed by atoms with E-state index in [1.807, 2.05) is 12.1 Å². The third-order valence-electron chi connectivity index (χ3n) is 2.60. The SMILES string of the molecule is O=P([O-])(O)CN(Cc1ccccn1)Cc1ccccn1.[Li+]. The molecular weight excluding hydrogens is 284 g/mol. The maximum atomic E-state index is 11.1. The average Bonchev–Trinajstić information content (AvgIpc) is 2.39. The Kier molecular flexibility index (Phi) is 7.27. The molecule has 0 fully saturated rings. The summed E-state index contributed by atoms with van der Waals surface area (Å²) in [6.45, 7) is 0.647. The van der Waals surface area contributed by atoms with Gasteiger partial charge in [-0.25, -0.2) is 0 Å². The van der Waals surface area contributed by atoms with E-state index in [-0.39, 0.29) is 18.9 Å². The number of pyridine rings is 2. The van der Waals surface area contributed by atoms with Crippen LogP contribution in [0.15, 0.2) is 48.8 Å². The zero-order valence-corrected chi connectivity index (χ0v) is 12.7. The Morgan fingerprint density at radius 1 is 1.05 bits per heavy atom. The van der Waals surface area contributed by atoms with Crippen molar-refractivity contribution in [2.45, 2.75) is 13.1 Å². The summed E-state index contributed by atoms with van der Waals surface area (Å²) in [5.41, 5.74) is 1.47. The topological polar surface area (TPSA) is 89.4 Å². The predicted octanol–water partition coefficient (Wildman–Crippen LogP) is -2.01. The fraction of sp³-hybridized carbons (Fsp3) is 0.231. The molecule has 0 saturated carbocycles. The van der Waals surface area contributed by atoms with Gasteiger partial charge in [-0.2, -0.15) is 0 Å². The molecule has 0 bridgehead atoms. The van der Waals surface area contributed by atoms with E-state index in [1.165, 1.54) is 0 Å². The van der Waals surface area contributed by atoms with E-state index in [0.29, 0.717) is 13.1 Å². The third-order valence-corrected chi connectivity index (χ3v) is 3.36. The Hall–Kier alpha value is -0.993. The molecule has 6 nitrogen and oxygen atoms in total. The first-order valence-electron chi connectivity index (χ1n) is 6.08. The number of aromatic nitrogens is 2. The molecule has 0 amide bonds. The molecule has 21 heavy (non-hydrogen) atoms. The molecular formula is C13H15LiN3O3P. The van der Waals surface area contributed by atoms with Gasteiger partial charge in [-0.1, -0.05) is 12.1 Å². The van der Waals surface area contributed by atoms with Crippen LogP contribution in [-0.4, -0.2) is 26.0 Å². The normalized spacial score (nSPS) is 13.5. The number of nitrogens with zero attached hydrogens (tertiary/aromatic N) is 3. The zero-order chi connectivity index (χ0) is 14.4. The molecule has 2 heterocycles. The largest absolute Gasteiger partial charge is 1.00 e. The first kappa shape index (κ1) is 18.1. The number of hydrogen-bond donors (Lipinski definition) is 1. The van der Waals surface area contributed by atoms with Crippen molar-refractivity contribution in [3.8, 4) is 0 Å². The van der Waals surface area contributed by atoms with Gasteiger partial charge in [0.15, 0.2) is 0 Å². The molecule has 2 aromatic heterocycles. The van der Waals surface area contributed by atoms with Crippen molar-refractivity contribution in [2.75, 3.05) is 6.29 Å². The molecule has 8 heteroatoms. The second-order valence-electron chi connectivity index (χ2n) is 4.41. The summed E-state index contributed by atoms with van der Waals surface area (Å²) in [6, 6.07) is 10.8. The van der Waals surface area contributed by atoms with E-state index in [9.17, 15) is 9.46 Å². The minimum atomic E-state index is -4.38. The summed E-state index contributed by atoms with van der Waals surface area (Å²) in [6.07, 6.45) is 2.86. The van der Waals surface area contributed by atoms with Crippen molar-refractivity contribution < 1.29 is 33.2 Å². The summed E-state index contributed by atoms with van der Waals surface area (Å²) in [7, 11) is -4.38. The minimum absolute atomic E-state index is 0. The Bertz CT molecular complexity index is 538. The van der Waals surface area contributed by atoms with Gasteiger partial charge in [0.05, 0.1) is 17.7 Å². The maximum Gasteiger partial charge on any atom is 1.00 e. The fourth-order valence-corrected chi connectivity index (χ4v) is 2.56. The van der Waals surface area contributed by atoms with Gasteiger partial charge >= 0.3 is 18.9 Å². The molecule has 0 aliphatic rings. The van der Waals surface area contributed by atoms with Crippen LogP contribution in [0.1, 0.15) is 11.4 Å². The van der Waals surface area contributed by atoms with Gasteiger partial charge in [-0.3, -0.25) is 14.9 Å². The van der Waals surface area contributed by atoms with Crippen LogP contribution < -0.4 is 23.8 Å². The van der Waals surface area contributed by atoms with Gasteiger partial charge in [0.25, 0.3) is 0 Å². The van der Waals surface area contributed by atoms with E-state index < -0.39 is 13.9 Å². The second kappa shape index (κ2) is 8.45. The van der Waals surface area contributed by atoms with Crippen LogP contribution in [0.2, 0.25) is 0 Å². The summed E-state index contributed by atoms with van der Waals surface area (Å²) in [5, 5.41) is 0. The molecule has 0 spiro atoms. The van der Waals surface area contributed by atoms with Crippen molar-refractivity contribution in [2.24, 2.45) is 0 Å². The summed E-state index contributed by atoms with van der Waals surface area (Å²) >= 11 is 0. The Labute approximate surface area is 135 Å². The summed E-state index contributed by atoms with van der Waals surface area (Å²) in [4.78, 5) is 30.1. The molecule has 2 aromatic rings. The van der Waals surface area contributed by atoms with Crippen LogP contribution >= 0.6 is 7.60 Å². The Balaban J connectivity index is 0.00000220. The standard InChI is InChI=1S/C13H16N3O3P.Li/c17-20(18,19)11-16(9-12-5-1-3-7-14-12)10-13-6-2-4-8-15-13;/h1-8H,9-11H2,(H2,17,18,19);/q;+1/p-1. The summed E-state index contributed by atoms with van der Waals surface area (Å²) < 4.78 is 11.1. The molecule has 1 N–H and O–H groups in total. The van der Waals surface area contributed by atoms with Crippen molar-refractivity contribution in [3.05, 3.63) is 60.2 Å². The van der Waals surface area contributed by atoms with Crippen molar-refractivity contribution >= 4 is 7.60 Å². The molecule has 2 rings (SSSR count). The maximum absolute atomic E-state index is 11.1. The smallest absolute Gasteiger partial charge is 0.778 e. The van der Waals surface area contributed by atoms with Gasteiger partial charge in [0.1, 0.15) is 7.60 Å². The molecule has 1 atom stereocenters. The van der Waals surface area contributed by atoms with Gasteiger partial charge < -0.3 is 14.4 Å². The van der Waals surface area contributed by atoms with E-state index in [2.05, 4.69) is 9.97 Å². The van der Waals surface area contributed by atoms with Gasteiger partial charge in [0.2, 0.25) is 0 Å². The van der Waals surface area contributed by atoms with Gasteiger partial charge in [-0.15, -0.1) is 0 Å². The number of rotatable bonds is 6. The summed E-state index contributed by atoms with van der Waals surface area (Å²) in [5.74, 6) is 0. The molecule has 0 radical (unpaired) electrons. The molecule has 0 aliphatic heterocycles. The van der Waals surface area contributed by atoms with Crippen molar-refractivity contribution in [3.63, 3.8) is 0 Å². The number of hydrogen-bond acceptors (Lipinski definition) is 5. The predicted molar refractivity (Wildman–Crippen MR) is 72.4 cm³/mol. The molecule has 0 aliphatic carbocycles. The Morgan fingerprint density at radius 3 is 1.86 bits per heavy atom. The molecule has 106 valence electrons. The second-order valence-corrected chi connectivity index (χ2v) is 5.97. The zero-order valence-electron chi connectivity index (χ0n) is 11.8. The third kappa shape index (κ3) is 7.01. The van der Waals surface area contributed by atoms with Crippen LogP contribution in [-0.2, 0) is 17.7 Å². The van der Waals surface area contributed by atoms with Crippen LogP contribution in [0.25, 0.3) is 0 Å². The van der Waals surface area contributed by atoms with Crippen molar-refractivity contribution in [1.29, 1.82) is 0 Å². The molecule has 0 saturated heterocycles. The van der Waals surface area contributed by atoms with E-state index >= 15 is 0 Å². The average molecular weight is 299 g/mol. The quantitative estimate of drug-likeness (QED) is 0.489.